The average Bonchev–Trinajstić information content (AvgIpc) is 2.84. The van der Waals surface area contributed by atoms with Crippen LogP contribution in [-0.2, 0) is 11.3 Å². The summed E-state index contributed by atoms with van der Waals surface area (Å²) in [6.45, 7) is 4.36. The van der Waals surface area contributed by atoms with Gasteiger partial charge in [0.1, 0.15) is 0 Å². The molecule has 1 heterocycles. The van der Waals surface area contributed by atoms with Gasteiger partial charge in [-0.05, 0) is 40.2 Å². The largest absolute Gasteiger partial charge is 0.383 e. The number of benzene rings is 1. The van der Waals surface area contributed by atoms with E-state index < -0.39 is 0 Å². The van der Waals surface area contributed by atoms with E-state index in [1.54, 1.807) is 7.11 Å². The van der Waals surface area contributed by atoms with E-state index >= 15 is 0 Å². The minimum atomic E-state index is 0.0943. The lowest BCUT2D eigenvalue weighted by Crippen LogP contribution is -2.26. The van der Waals surface area contributed by atoms with Crippen LogP contribution in [0.25, 0.3) is 0 Å². The molecule has 1 N–H and O–H groups in total. The number of hydrogen-bond acceptors (Lipinski definition) is 3. The zero-order chi connectivity index (χ0) is 15.2. The van der Waals surface area contributed by atoms with Crippen molar-refractivity contribution >= 4 is 31.9 Å². The van der Waals surface area contributed by atoms with Gasteiger partial charge in [0, 0.05) is 11.6 Å². The zero-order valence-electron chi connectivity index (χ0n) is 12.1. The predicted molar refractivity (Wildman–Crippen MR) is 91.5 cm³/mol. The molecule has 21 heavy (non-hydrogen) atoms. The molecule has 0 saturated heterocycles. The number of ether oxygens (including phenoxy) is 1. The monoisotopic (exact) mass is 415 g/mol. The van der Waals surface area contributed by atoms with E-state index in [1.807, 2.05) is 10.9 Å². The van der Waals surface area contributed by atoms with E-state index in [1.165, 1.54) is 5.56 Å². The molecule has 0 aliphatic rings. The van der Waals surface area contributed by atoms with E-state index in [0.29, 0.717) is 6.61 Å². The fourth-order valence-corrected chi connectivity index (χ4v) is 3.04. The molecular formula is C15H19Br2N3O. The van der Waals surface area contributed by atoms with Crippen LogP contribution in [0.15, 0.2) is 39.4 Å². The van der Waals surface area contributed by atoms with Crippen LogP contribution >= 0.6 is 31.9 Å². The summed E-state index contributed by atoms with van der Waals surface area (Å²) in [5, 5.41) is 7.97. The van der Waals surface area contributed by atoms with Gasteiger partial charge >= 0.3 is 0 Å². The minimum absolute atomic E-state index is 0.0943. The van der Waals surface area contributed by atoms with Crippen LogP contribution < -0.4 is 5.32 Å². The van der Waals surface area contributed by atoms with Gasteiger partial charge < -0.3 is 10.1 Å². The molecule has 0 aliphatic heterocycles. The maximum atomic E-state index is 5.17. The maximum absolute atomic E-state index is 5.17. The molecule has 0 amide bonds. The summed E-state index contributed by atoms with van der Waals surface area (Å²) in [4.78, 5) is 0. The van der Waals surface area contributed by atoms with Crippen molar-refractivity contribution < 1.29 is 4.74 Å². The lowest BCUT2D eigenvalue weighted by molar-refractivity contribution is 0.182. The van der Waals surface area contributed by atoms with Crippen LogP contribution in [0.5, 0.6) is 0 Å². The smallest absolute Gasteiger partial charge is 0.0759 e. The summed E-state index contributed by atoms with van der Waals surface area (Å²) in [6, 6.07) is 8.46. The summed E-state index contributed by atoms with van der Waals surface area (Å²) in [5.74, 6) is 0. The van der Waals surface area contributed by atoms with Crippen LogP contribution in [0.3, 0.4) is 0 Å². The molecule has 2 rings (SSSR count). The topological polar surface area (TPSA) is 39.1 Å². The molecule has 1 atom stereocenters. The Kier molecular flexibility index (Phi) is 6.41. The molecule has 0 bridgehead atoms. The van der Waals surface area contributed by atoms with Gasteiger partial charge in [-0.15, -0.1) is 0 Å². The third-order valence-corrected chi connectivity index (χ3v) is 4.37. The first-order chi connectivity index (χ1) is 10.2. The van der Waals surface area contributed by atoms with Gasteiger partial charge in [-0.2, -0.15) is 5.10 Å². The summed E-state index contributed by atoms with van der Waals surface area (Å²) < 4.78 is 9.24. The molecule has 1 aromatic heterocycles. The first-order valence-electron chi connectivity index (χ1n) is 6.86. The molecule has 0 spiro atoms. The van der Waals surface area contributed by atoms with Crippen molar-refractivity contribution in [1.82, 2.24) is 15.1 Å². The van der Waals surface area contributed by atoms with Gasteiger partial charge in [-0.25, -0.2) is 0 Å². The Labute approximate surface area is 142 Å². The first kappa shape index (κ1) is 16.7. The van der Waals surface area contributed by atoms with Crippen molar-refractivity contribution in [3.05, 3.63) is 50.7 Å². The number of methoxy groups -OCH3 is 1. The molecule has 2 aromatic rings. The van der Waals surface area contributed by atoms with Crippen molar-refractivity contribution in [3.8, 4) is 0 Å². The quantitative estimate of drug-likeness (QED) is 0.746. The van der Waals surface area contributed by atoms with Crippen LogP contribution in [0.4, 0.5) is 0 Å². The van der Waals surface area contributed by atoms with Crippen LogP contribution in [0, 0.1) is 0 Å². The molecule has 1 unspecified atom stereocenters. The average molecular weight is 417 g/mol. The van der Waals surface area contributed by atoms with Crippen molar-refractivity contribution in [2.45, 2.75) is 19.5 Å². The fourth-order valence-electron chi connectivity index (χ4n) is 2.25. The summed E-state index contributed by atoms with van der Waals surface area (Å²) in [7, 11) is 1.70. The molecule has 1 aromatic carbocycles. The van der Waals surface area contributed by atoms with Gasteiger partial charge in [0.05, 0.1) is 35.6 Å². The SMILES string of the molecule is CCNC(c1ccc(Br)cc1)c1c(Br)cnn1CCOC. The Balaban J connectivity index is 2.37. The van der Waals surface area contributed by atoms with Crippen molar-refractivity contribution in [2.24, 2.45) is 0 Å². The van der Waals surface area contributed by atoms with Gasteiger partial charge in [-0.3, -0.25) is 4.68 Å². The molecule has 4 nitrogen and oxygen atoms in total. The standard InChI is InChI=1S/C15H19Br2N3O/c1-3-18-14(11-4-6-12(16)7-5-11)15-13(17)10-19-20(15)8-9-21-2/h4-7,10,14,18H,3,8-9H2,1-2H3. The second-order valence-corrected chi connectivity index (χ2v) is 6.41. The zero-order valence-corrected chi connectivity index (χ0v) is 15.3. The van der Waals surface area contributed by atoms with E-state index in [-0.39, 0.29) is 6.04 Å². The predicted octanol–water partition coefficient (Wildman–Crippen LogP) is 3.75. The molecule has 0 aliphatic carbocycles. The third-order valence-electron chi connectivity index (χ3n) is 3.23. The number of halogens is 2. The molecule has 114 valence electrons. The lowest BCUT2D eigenvalue weighted by Gasteiger charge is -2.21. The van der Waals surface area contributed by atoms with E-state index in [9.17, 15) is 0 Å². The minimum Gasteiger partial charge on any atom is -0.383 e. The number of aromatic nitrogens is 2. The van der Waals surface area contributed by atoms with Crippen molar-refractivity contribution in [3.63, 3.8) is 0 Å². The first-order valence-corrected chi connectivity index (χ1v) is 8.45. The lowest BCUT2D eigenvalue weighted by atomic mass is 10.0. The molecule has 6 heteroatoms. The molecular weight excluding hydrogens is 398 g/mol. The highest BCUT2D eigenvalue weighted by Crippen LogP contribution is 2.29. The second-order valence-electron chi connectivity index (χ2n) is 4.64. The Morgan fingerprint density at radius 3 is 2.62 bits per heavy atom. The van der Waals surface area contributed by atoms with E-state index in [2.05, 4.69) is 73.5 Å². The summed E-state index contributed by atoms with van der Waals surface area (Å²) in [6.07, 6.45) is 1.84. The van der Waals surface area contributed by atoms with Gasteiger partial charge in [0.25, 0.3) is 0 Å². The summed E-state index contributed by atoms with van der Waals surface area (Å²) >= 11 is 7.10. The third kappa shape index (κ3) is 4.16. The Bertz CT molecular complexity index is 569. The number of nitrogens with zero attached hydrogens (tertiary/aromatic N) is 2. The van der Waals surface area contributed by atoms with E-state index in [0.717, 1.165) is 27.7 Å². The maximum Gasteiger partial charge on any atom is 0.0759 e. The highest BCUT2D eigenvalue weighted by Gasteiger charge is 2.21. The van der Waals surface area contributed by atoms with Crippen LogP contribution in [0.2, 0.25) is 0 Å². The normalized spacial score (nSPS) is 12.6. The Morgan fingerprint density at radius 1 is 1.29 bits per heavy atom. The van der Waals surface area contributed by atoms with Crippen LogP contribution in [-0.4, -0.2) is 30.0 Å². The second kappa shape index (κ2) is 8.08. The van der Waals surface area contributed by atoms with Gasteiger partial charge in [0.2, 0.25) is 0 Å². The molecule has 0 fully saturated rings. The Morgan fingerprint density at radius 2 is 2.00 bits per heavy atom. The van der Waals surface area contributed by atoms with Crippen LogP contribution in [0.1, 0.15) is 24.2 Å². The highest BCUT2D eigenvalue weighted by molar-refractivity contribution is 9.10. The Hall–Kier alpha value is -0.690. The molecule has 0 saturated carbocycles. The number of hydrogen-bond donors (Lipinski definition) is 1. The van der Waals surface area contributed by atoms with E-state index in [4.69, 9.17) is 4.74 Å². The molecule has 0 radical (unpaired) electrons. The van der Waals surface area contributed by atoms with Crippen molar-refractivity contribution in [2.75, 3.05) is 20.3 Å². The van der Waals surface area contributed by atoms with Gasteiger partial charge in [0.15, 0.2) is 0 Å². The fraction of sp³-hybridized carbons (Fsp3) is 0.400. The van der Waals surface area contributed by atoms with Gasteiger partial charge in [-0.1, -0.05) is 35.0 Å². The van der Waals surface area contributed by atoms with Crippen molar-refractivity contribution in [1.29, 1.82) is 0 Å². The number of rotatable bonds is 7. The summed E-state index contributed by atoms with van der Waals surface area (Å²) in [5.41, 5.74) is 2.33. The highest BCUT2D eigenvalue weighted by atomic mass is 79.9. The number of nitrogens with one attached hydrogen (secondary N) is 1.